The Hall–Kier alpha value is -1.97. The first-order valence-electron chi connectivity index (χ1n) is 9.75. The van der Waals surface area contributed by atoms with E-state index in [0.717, 1.165) is 6.04 Å². The lowest BCUT2D eigenvalue weighted by Gasteiger charge is -2.24. The molecule has 9 heteroatoms. The molecule has 0 radical (unpaired) electrons. The van der Waals surface area contributed by atoms with E-state index >= 15 is 0 Å². The minimum Gasteiger partial charge on any atom is -0.444 e. The van der Waals surface area contributed by atoms with Crippen LogP contribution in [0.4, 0.5) is 10.5 Å². The fraction of sp³-hybridized carbons (Fsp3) is 0.650. The van der Waals surface area contributed by atoms with E-state index in [1.807, 2.05) is 0 Å². The van der Waals surface area contributed by atoms with Crippen LogP contribution < -0.4 is 5.32 Å². The first-order valence-corrected chi connectivity index (χ1v) is 13.5. The number of ether oxygens (including phenoxy) is 3. The van der Waals surface area contributed by atoms with Gasteiger partial charge in [0.1, 0.15) is 12.4 Å². The van der Waals surface area contributed by atoms with E-state index in [2.05, 4.69) is 25.0 Å². The van der Waals surface area contributed by atoms with E-state index in [-0.39, 0.29) is 25.5 Å². The highest BCUT2D eigenvalue weighted by Crippen LogP contribution is 2.19. The molecule has 1 aromatic carbocycles. The van der Waals surface area contributed by atoms with Gasteiger partial charge in [-0.05, 0) is 26.8 Å². The average molecular weight is 427 g/mol. The Morgan fingerprint density at radius 2 is 1.86 bits per heavy atom. The number of alkyl carbamates (subject to hydrolysis) is 1. The zero-order valence-corrected chi connectivity index (χ0v) is 19.3. The molecule has 0 fully saturated rings. The highest BCUT2D eigenvalue weighted by atomic mass is 28.3. The molecular weight excluding hydrogens is 392 g/mol. The van der Waals surface area contributed by atoms with Crippen LogP contribution in [-0.2, 0) is 20.6 Å². The van der Waals surface area contributed by atoms with Gasteiger partial charge >= 0.3 is 6.09 Å². The molecule has 0 aliphatic carbocycles. The van der Waals surface area contributed by atoms with Crippen molar-refractivity contribution in [2.75, 3.05) is 20.0 Å². The lowest BCUT2D eigenvalue weighted by molar-refractivity contribution is -0.385. The van der Waals surface area contributed by atoms with Crippen molar-refractivity contribution in [1.29, 1.82) is 0 Å². The van der Waals surface area contributed by atoms with Crippen molar-refractivity contribution in [1.82, 2.24) is 5.32 Å². The van der Waals surface area contributed by atoms with Crippen LogP contribution in [0.2, 0.25) is 25.7 Å². The molecule has 0 saturated carbocycles. The van der Waals surface area contributed by atoms with Gasteiger partial charge in [0.05, 0.1) is 17.6 Å². The van der Waals surface area contributed by atoms with Gasteiger partial charge in [0, 0.05) is 32.7 Å². The Morgan fingerprint density at radius 1 is 1.21 bits per heavy atom. The van der Waals surface area contributed by atoms with Crippen molar-refractivity contribution in [2.45, 2.75) is 64.5 Å². The van der Waals surface area contributed by atoms with Crippen LogP contribution in [-0.4, -0.2) is 50.7 Å². The maximum Gasteiger partial charge on any atom is 0.407 e. The number of nitro benzene ring substituents is 1. The summed E-state index contributed by atoms with van der Waals surface area (Å²) < 4.78 is 16.4. The summed E-state index contributed by atoms with van der Waals surface area (Å²) in [7, 11) is -1.17. The van der Waals surface area contributed by atoms with E-state index in [0.29, 0.717) is 12.2 Å². The molecule has 0 unspecified atom stereocenters. The third-order valence-electron chi connectivity index (χ3n) is 3.86. The number of nitrogens with zero attached hydrogens (tertiary/aromatic N) is 1. The minimum atomic E-state index is -1.17. The molecule has 1 atom stereocenters. The van der Waals surface area contributed by atoms with Crippen molar-refractivity contribution in [3.8, 4) is 0 Å². The second-order valence-electron chi connectivity index (χ2n) is 9.14. The number of hydrogen-bond acceptors (Lipinski definition) is 6. The van der Waals surface area contributed by atoms with Crippen LogP contribution in [0, 0.1) is 10.1 Å². The number of amides is 1. The van der Waals surface area contributed by atoms with Crippen LogP contribution in [0.3, 0.4) is 0 Å². The van der Waals surface area contributed by atoms with E-state index in [1.165, 1.54) is 6.07 Å². The number of carbonyl (C=O) groups excluding carboxylic acids is 1. The SMILES string of the molecule is CC(C)(C)OC(=O)N[C@H](COCOCC[Si](C)(C)C)Cc1ccccc1[N+](=O)[O-]. The number of para-hydroxylation sites is 1. The molecule has 1 N–H and O–H groups in total. The molecular formula is C20H34N2O6Si. The molecule has 0 aromatic heterocycles. The molecule has 0 aliphatic heterocycles. The molecule has 0 spiro atoms. The molecule has 1 rings (SSSR count). The fourth-order valence-electron chi connectivity index (χ4n) is 2.44. The van der Waals surface area contributed by atoms with E-state index in [1.54, 1.807) is 39.0 Å². The summed E-state index contributed by atoms with van der Waals surface area (Å²) in [5.74, 6) is 0. The zero-order valence-electron chi connectivity index (χ0n) is 18.3. The predicted octanol–water partition coefficient (Wildman–Crippen LogP) is 4.36. The molecule has 0 bridgehead atoms. The van der Waals surface area contributed by atoms with Gasteiger partial charge < -0.3 is 19.5 Å². The van der Waals surface area contributed by atoms with Crippen molar-refractivity contribution < 1.29 is 23.9 Å². The predicted molar refractivity (Wildman–Crippen MR) is 115 cm³/mol. The largest absolute Gasteiger partial charge is 0.444 e. The molecule has 0 heterocycles. The molecule has 1 aromatic rings. The molecule has 0 aliphatic rings. The maximum atomic E-state index is 12.2. The second kappa shape index (κ2) is 11.3. The lowest BCUT2D eigenvalue weighted by atomic mass is 10.0. The van der Waals surface area contributed by atoms with Gasteiger partial charge in [-0.3, -0.25) is 10.1 Å². The number of rotatable bonds is 11. The minimum absolute atomic E-state index is 0.00914. The smallest absolute Gasteiger partial charge is 0.407 e. The van der Waals surface area contributed by atoms with Gasteiger partial charge in [-0.15, -0.1) is 0 Å². The van der Waals surface area contributed by atoms with Gasteiger partial charge in [0.25, 0.3) is 5.69 Å². The van der Waals surface area contributed by atoms with E-state index in [4.69, 9.17) is 14.2 Å². The van der Waals surface area contributed by atoms with Crippen molar-refractivity contribution in [2.24, 2.45) is 0 Å². The summed E-state index contributed by atoms with van der Waals surface area (Å²) in [5.41, 5.74) is -0.120. The third kappa shape index (κ3) is 11.6. The molecule has 1 amide bonds. The normalized spacial score (nSPS) is 13.0. The van der Waals surface area contributed by atoms with E-state index in [9.17, 15) is 14.9 Å². The highest BCUT2D eigenvalue weighted by Gasteiger charge is 2.23. The number of nitrogens with one attached hydrogen (secondary N) is 1. The summed E-state index contributed by atoms with van der Waals surface area (Å²) in [6, 6.07) is 7.00. The molecule has 164 valence electrons. The maximum absolute atomic E-state index is 12.2. The lowest BCUT2D eigenvalue weighted by Crippen LogP contribution is -2.43. The summed E-state index contributed by atoms with van der Waals surface area (Å²) >= 11 is 0. The Kier molecular flexibility index (Phi) is 9.74. The topological polar surface area (TPSA) is 99.9 Å². The molecule has 8 nitrogen and oxygen atoms in total. The van der Waals surface area contributed by atoms with Crippen LogP contribution in [0.15, 0.2) is 24.3 Å². The van der Waals surface area contributed by atoms with Crippen LogP contribution in [0.25, 0.3) is 0 Å². The second-order valence-corrected chi connectivity index (χ2v) is 14.8. The third-order valence-corrected chi connectivity index (χ3v) is 5.56. The van der Waals surface area contributed by atoms with Crippen molar-refractivity contribution >= 4 is 19.9 Å². The Bertz CT molecular complexity index is 670. The van der Waals surface area contributed by atoms with Gasteiger partial charge in [0.2, 0.25) is 0 Å². The average Bonchev–Trinajstić information content (AvgIpc) is 2.55. The van der Waals surface area contributed by atoms with Crippen LogP contribution in [0.5, 0.6) is 0 Å². The summed E-state index contributed by atoms with van der Waals surface area (Å²) in [6.45, 7) is 13.0. The van der Waals surface area contributed by atoms with Crippen molar-refractivity contribution in [3.05, 3.63) is 39.9 Å². The van der Waals surface area contributed by atoms with Crippen LogP contribution in [0.1, 0.15) is 26.3 Å². The highest BCUT2D eigenvalue weighted by molar-refractivity contribution is 6.76. The van der Waals surface area contributed by atoms with Gasteiger partial charge in [-0.2, -0.15) is 0 Å². The Morgan fingerprint density at radius 3 is 2.45 bits per heavy atom. The van der Waals surface area contributed by atoms with Crippen LogP contribution >= 0.6 is 0 Å². The van der Waals surface area contributed by atoms with E-state index < -0.39 is 30.7 Å². The Labute approximate surface area is 174 Å². The zero-order chi connectivity index (χ0) is 22.1. The molecule has 29 heavy (non-hydrogen) atoms. The molecule has 0 saturated heterocycles. The van der Waals surface area contributed by atoms with Gasteiger partial charge in [0.15, 0.2) is 0 Å². The monoisotopic (exact) mass is 426 g/mol. The number of benzene rings is 1. The number of carbonyl (C=O) groups is 1. The summed E-state index contributed by atoms with van der Waals surface area (Å²) in [6.07, 6.45) is -0.352. The van der Waals surface area contributed by atoms with Gasteiger partial charge in [-0.1, -0.05) is 37.8 Å². The summed E-state index contributed by atoms with van der Waals surface area (Å²) in [5, 5.41) is 14.0. The number of hydrogen-bond donors (Lipinski definition) is 1. The first-order chi connectivity index (χ1) is 13.4. The van der Waals surface area contributed by atoms with Gasteiger partial charge in [-0.25, -0.2) is 4.79 Å². The standard InChI is InChI=1S/C20H34N2O6Si/c1-20(2,3)28-19(23)21-17(14-27-15-26-11-12-29(4,5)6)13-16-9-7-8-10-18(16)22(24)25/h7-10,17H,11-15H2,1-6H3,(H,21,23)/t17-/m0/s1. The number of nitro groups is 1. The first kappa shape index (κ1) is 25.1. The Balaban J connectivity index is 2.69. The van der Waals surface area contributed by atoms with Crippen molar-refractivity contribution in [3.63, 3.8) is 0 Å². The quantitative estimate of drug-likeness (QED) is 0.185. The summed E-state index contributed by atoms with van der Waals surface area (Å²) in [4.78, 5) is 23.0. The fourth-order valence-corrected chi connectivity index (χ4v) is 3.20.